The molecule has 0 radical (unpaired) electrons. The minimum absolute atomic E-state index is 0.194. The number of hydrogen-bond acceptors (Lipinski definition) is 4. The van der Waals surface area contributed by atoms with Gasteiger partial charge in [-0.1, -0.05) is 17.7 Å². The van der Waals surface area contributed by atoms with Crippen molar-refractivity contribution in [2.75, 3.05) is 6.61 Å². The summed E-state index contributed by atoms with van der Waals surface area (Å²) in [6.45, 7) is 4.99. The molecule has 0 N–H and O–H groups in total. The van der Waals surface area contributed by atoms with Crippen LogP contribution in [-0.4, -0.2) is 24.5 Å². The highest BCUT2D eigenvalue weighted by Crippen LogP contribution is 2.27. The fraction of sp³-hybridized carbons (Fsp3) is 0.385. The first-order valence-corrected chi connectivity index (χ1v) is 5.79. The van der Waals surface area contributed by atoms with Crippen molar-refractivity contribution >= 4 is 23.9 Å². The third-order valence-corrected chi connectivity index (χ3v) is 2.18. The highest BCUT2D eigenvalue weighted by atomic mass is 35.5. The maximum atomic E-state index is 11.5. The minimum atomic E-state index is -0.575. The van der Waals surface area contributed by atoms with Crippen LogP contribution >= 0.6 is 11.6 Å². The Hall–Kier alpha value is -1.55. The van der Waals surface area contributed by atoms with Crippen LogP contribution in [0.4, 0.5) is 0 Å². The van der Waals surface area contributed by atoms with Gasteiger partial charge in [-0.25, -0.2) is 4.79 Å². The maximum absolute atomic E-state index is 11.5. The second-order valence-corrected chi connectivity index (χ2v) is 5.06. The zero-order valence-electron chi connectivity index (χ0n) is 10.5. The zero-order chi connectivity index (χ0) is 13.8. The van der Waals surface area contributed by atoms with Crippen LogP contribution in [0.3, 0.4) is 0 Å². The largest absolute Gasteiger partial charge is 0.480 e. The Balaban J connectivity index is 2.69. The van der Waals surface area contributed by atoms with E-state index in [0.717, 1.165) is 0 Å². The van der Waals surface area contributed by atoms with Crippen molar-refractivity contribution in [1.82, 2.24) is 0 Å². The Kier molecular flexibility index (Phi) is 4.73. The van der Waals surface area contributed by atoms with E-state index in [1.54, 1.807) is 39.0 Å². The van der Waals surface area contributed by atoms with Crippen LogP contribution < -0.4 is 4.74 Å². The lowest BCUT2D eigenvalue weighted by atomic mass is 10.2. The van der Waals surface area contributed by atoms with Gasteiger partial charge >= 0.3 is 5.97 Å². The van der Waals surface area contributed by atoms with Crippen molar-refractivity contribution in [3.63, 3.8) is 0 Å². The summed E-state index contributed by atoms with van der Waals surface area (Å²) in [5, 5.41) is 0.281. The number of carbonyl (C=O) groups excluding carboxylic acids is 2. The highest BCUT2D eigenvalue weighted by Gasteiger charge is 2.17. The number of benzene rings is 1. The predicted octanol–water partition coefficient (Wildman–Crippen LogP) is 2.87. The SMILES string of the molecule is CC(C)(C)OC(=O)COc1c(Cl)cccc1C=O. The van der Waals surface area contributed by atoms with E-state index in [4.69, 9.17) is 21.1 Å². The summed E-state index contributed by atoms with van der Waals surface area (Å²) in [6, 6.07) is 4.77. The molecule has 4 nitrogen and oxygen atoms in total. The number of rotatable bonds is 4. The fourth-order valence-corrected chi connectivity index (χ4v) is 1.51. The van der Waals surface area contributed by atoms with Gasteiger partial charge in [0.2, 0.25) is 0 Å². The predicted molar refractivity (Wildman–Crippen MR) is 68.2 cm³/mol. The molecule has 0 atom stereocenters. The number of hydrogen-bond donors (Lipinski definition) is 0. The average Bonchev–Trinajstić information content (AvgIpc) is 2.24. The molecule has 0 spiro atoms. The second kappa shape index (κ2) is 5.87. The van der Waals surface area contributed by atoms with E-state index in [1.165, 1.54) is 0 Å². The lowest BCUT2D eigenvalue weighted by Crippen LogP contribution is -2.27. The molecule has 0 heterocycles. The standard InChI is InChI=1S/C13H15ClO4/c1-13(2,3)18-11(16)8-17-12-9(7-15)5-4-6-10(12)14/h4-7H,8H2,1-3H3. The lowest BCUT2D eigenvalue weighted by Gasteiger charge is -2.19. The van der Waals surface area contributed by atoms with Gasteiger partial charge in [0, 0.05) is 0 Å². The number of ether oxygens (including phenoxy) is 2. The molecule has 1 aromatic carbocycles. The third kappa shape index (κ3) is 4.37. The number of halogens is 1. The zero-order valence-corrected chi connectivity index (χ0v) is 11.3. The highest BCUT2D eigenvalue weighted by molar-refractivity contribution is 6.32. The van der Waals surface area contributed by atoms with Crippen LogP contribution in [0, 0.1) is 0 Å². The van der Waals surface area contributed by atoms with Crippen molar-refractivity contribution in [3.05, 3.63) is 28.8 Å². The van der Waals surface area contributed by atoms with E-state index in [2.05, 4.69) is 0 Å². The van der Waals surface area contributed by atoms with E-state index in [9.17, 15) is 9.59 Å². The molecule has 0 saturated carbocycles. The van der Waals surface area contributed by atoms with E-state index in [0.29, 0.717) is 11.8 Å². The Morgan fingerprint density at radius 1 is 1.39 bits per heavy atom. The summed E-state index contributed by atoms with van der Waals surface area (Å²) in [7, 11) is 0. The molecule has 0 aliphatic heterocycles. The normalized spacial score (nSPS) is 10.9. The van der Waals surface area contributed by atoms with Crippen LogP contribution in [0.15, 0.2) is 18.2 Å². The first kappa shape index (κ1) is 14.5. The molecule has 1 rings (SSSR count). The molecule has 5 heteroatoms. The molecule has 1 aromatic rings. The quantitative estimate of drug-likeness (QED) is 0.624. The molecule has 0 saturated heterocycles. The van der Waals surface area contributed by atoms with Gasteiger partial charge in [0.15, 0.2) is 12.9 Å². The van der Waals surface area contributed by atoms with Gasteiger partial charge in [0.05, 0.1) is 10.6 Å². The number of esters is 1. The topological polar surface area (TPSA) is 52.6 Å². The molecule has 98 valence electrons. The first-order chi connectivity index (χ1) is 8.33. The monoisotopic (exact) mass is 270 g/mol. The Labute approximate surface area is 111 Å². The molecule has 0 amide bonds. The molecule has 0 unspecified atom stereocenters. The third-order valence-electron chi connectivity index (χ3n) is 1.88. The average molecular weight is 271 g/mol. The molecule has 0 fully saturated rings. The Morgan fingerprint density at radius 3 is 2.61 bits per heavy atom. The second-order valence-electron chi connectivity index (χ2n) is 4.65. The van der Waals surface area contributed by atoms with Crippen LogP contribution in [-0.2, 0) is 9.53 Å². The van der Waals surface area contributed by atoms with Gasteiger partial charge in [-0.05, 0) is 32.9 Å². The Morgan fingerprint density at radius 2 is 2.06 bits per heavy atom. The van der Waals surface area contributed by atoms with Crippen LogP contribution in [0.1, 0.15) is 31.1 Å². The van der Waals surface area contributed by atoms with Crippen molar-refractivity contribution in [2.24, 2.45) is 0 Å². The van der Waals surface area contributed by atoms with E-state index >= 15 is 0 Å². The molecule has 0 aliphatic rings. The van der Waals surface area contributed by atoms with Crippen LogP contribution in [0.25, 0.3) is 0 Å². The first-order valence-electron chi connectivity index (χ1n) is 5.42. The summed E-state index contributed by atoms with van der Waals surface area (Å²) < 4.78 is 10.3. The minimum Gasteiger partial charge on any atom is -0.480 e. The van der Waals surface area contributed by atoms with Gasteiger partial charge in [-0.2, -0.15) is 0 Å². The van der Waals surface area contributed by atoms with Crippen molar-refractivity contribution in [1.29, 1.82) is 0 Å². The summed E-state index contributed by atoms with van der Waals surface area (Å²) in [5.74, 6) is -0.320. The van der Waals surface area contributed by atoms with Crippen molar-refractivity contribution in [2.45, 2.75) is 26.4 Å². The molecule has 0 aliphatic carbocycles. The van der Waals surface area contributed by atoms with E-state index in [1.807, 2.05) is 0 Å². The number of carbonyl (C=O) groups is 2. The van der Waals surface area contributed by atoms with Crippen LogP contribution in [0.5, 0.6) is 5.75 Å². The number of para-hydroxylation sites is 1. The molecule has 0 aromatic heterocycles. The molecule has 18 heavy (non-hydrogen) atoms. The van der Waals surface area contributed by atoms with Gasteiger partial charge < -0.3 is 9.47 Å². The van der Waals surface area contributed by atoms with Crippen molar-refractivity contribution in [3.8, 4) is 5.75 Å². The van der Waals surface area contributed by atoms with Crippen LogP contribution in [0.2, 0.25) is 5.02 Å². The van der Waals surface area contributed by atoms with Gasteiger partial charge in [0.25, 0.3) is 0 Å². The fourth-order valence-electron chi connectivity index (χ4n) is 1.27. The molecular weight excluding hydrogens is 256 g/mol. The summed E-state index contributed by atoms with van der Waals surface area (Å²) in [4.78, 5) is 22.3. The smallest absolute Gasteiger partial charge is 0.344 e. The number of aldehydes is 1. The summed E-state index contributed by atoms with van der Waals surface area (Å²) >= 11 is 5.89. The van der Waals surface area contributed by atoms with Gasteiger partial charge in [0.1, 0.15) is 11.4 Å². The van der Waals surface area contributed by atoms with Crippen molar-refractivity contribution < 1.29 is 19.1 Å². The van der Waals surface area contributed by atoms with Gasteiger partial charge in [-0.15, -0.1) is 0 Å². The Bertz CT molecular complexity index is 449. The summed E-state index contributed by atoms with van der Waals surface area (Å²) in [6.07, 6.45) is 0.621. The van der Waals surface area contributed by atoms with Gasteiger partial charge in [-0.3, -0.25) is 4.79 Å². The van der Waals surface area contributed by atoms with E-state index in [-0.39, 0.29) is 17.4 Å². The lowest BCUT2D eigenvalue weighted by molar-refractivity contribution is -0.157. The molecular formula is C13H15ClO4. The maximum Gasteiger partial charge on any atom is 0.344 e. The summed E-state index contributed by atoms with van der Waals surface area (Å²) in [5.41, 5.74) is -0.278. The molecule has 0 bridgehead atoms. The van der Waals surface area contributed by atoms with E-state index < -0.39 is 11.6 Å².